The molecule has 32 heavy (non-hydrogen) atoms. The number of hydrogen-bond acceptors (Lipinski definition) is 4. The van der Waals surface area contributed by atoms with E-state index in [2.05, 4.69) is 5.32 Å². The van der Waals surface area contributed by atoms with Crippen molar-refractivity contribution in [2.24, 2.45) is 0 Å². The molecule has 1 aliphatic rings. The topological polar surface area (TPSA) is 75.7 Å². The average Bonchev–Trinajstić information content (AvgIpc) is 3.23. The largest absolute Gasteiger partial charge is 0.497 e. The van der Waals surface area contributed by atoms with E-state index in [-0.39, 0.29) is 16.8 Å². The van der Waals surface area contributed by atoms with Crippen molar-refractivity contribution in [3.05, 3.63) is 89.0 Å². The molecule has 0 spiro atoms. The van der Waals surface area contributed by atoms with Crippen LogP contribution < -0.4 is 14.4 Å². The number of nitrogens with one attached hydrogen (secondary N) is 1. The van der Waals surface area contributed by atoms with Crippen LogP contribution in [0.5, 0.6) is 5.75 Å². The first-order valence-corrected chi connectivity index (χ1v) is 11.9. The van der Waals surface area contributed by atoms with Crippen LogP contribution in [0.1, 0.15) is 40.0 Å². The van der Waals surface area contributed by atoms with Gasteiger partial charge in [0.05, 0.1) is 23.7 Å². The Labute approximate surface area is 188 Å². The summed E-state index contributed by atoms with van der Waals surface area (Å²) in [6.07, 6.45) is 0.565. The van der Waals surface area contributed by atoms with E-state index in [1.807, 2.05) is 38.1 Å². The predicted octanol–water partition coefficient (Wildman–Crippen LogP) is 4.25. The van der Waals surface area contributed by atoms with Gasteiger partial charge in [-0.15, -0.1) is 0 Å². The van der Waals surface area contributed by atoms with Gasteiger partial charge in [-0.25, -0.2) is 8.42 Å². The third-order valence-electron chi connectivity index (χ3n) is 5.77. The number of sulfonamides is 1. The number of aryl methyl sites for hydroxylation is 1. The van der Waals surface area contributed by atoms with Crippen molar-refractivity contribution in [3.63, 3.8) is 0 Å². The second kappa shape index (κ2) is 8.67. The highest BCUT2D eigenvalue weighted by Crippen LogP contribution is 2.33. The van der Waals surface area contributed by atoms with Crippen LogP contribution in [-0.2, 0) is 16.4 Å². The van der Waals surface area contributed by atoms with Gasteiger partial charge in [-0.1, -0.05) is 29.8 Å². The van der Waals surface area contributed by atoms with Gasteiger partial charge in [0, 0.05) is 12.1 Å². The summed E-state index contributed by atoms with van der Waals surface area (Å²) >= 11 is 0. The van der Waals surface area contributed by atoms with Gasteiger partial charge in [-0.2, -0.15) is 0 Å². The lowest BCUT2D eigenvalue weighted by atomic mass is 10.1. The molecular weight excluding hydrogens is 424 g/mol. The molecular formula is C25H26N2O4S. The van der Waals surface area contributed by atoms with Crippen LogP contribution in [0.3, 0.4) is 0 Å². The van der Waals surface area contributed by atoms with Crippen molar-refractivity contribution in [1.29, 1.82) is 0 Å². The predicted molar refractivity (Wildman–Crippen MR) is 125 cm³/mol. The van der Waals surface area contributed by atoms with Crippen LogP contribution in [0.15, 0.2) is 71.6 Å². The quantitative estimate of drug-likeness (QED) is 0.609. The summed E-state index contributed by atoms with van der Waals surface area (Å²) in [5.74, 6) is 0.562. The third-order valence-corrected chi connectivity index (χ3v) is 7.59. The lowest BCUT2D eigenvalue weighted by molar-refractivity contribution is 0.0940. The first kappa shape index (κ1) is 21.9. The fraction of sp³-hybridized carbons (Fsp3) is 0.240. The maximum atomic E-state index is 13.1. The number of benzene rings is 3. The Bertz CT molecular complexity index is 1240. The van der Waals surface area contributed by atoms with E-state index >= 15 is 0 Å². The Kier molecular flexibility index (Phi) is 5.93. The number of methoxy groups -OCH3 is 1. The van der Waals surface area contributed by atoms with Crippen LogP contribution in [0.25, 0.3) is 0 Å². The van der Waals surface area contributed by atoms with E-state index < -0.39 is 10.0 Å². The molecule has 1 amide bonds. The molecule has 0 unspecified atom stereocenters. The highest BCUT2D eigenvalue weighted by molar-refractivity contribution is 7.92. The van der Waals surface area contributed by atoms with Gasteiger partial charge in [-0.3, -0.25) is 9.10 Å². The first-order valence-electron chi connectivity index (χ1n) is 10.5. The maximum absolute atomic E-state index is 13.1. The summed E-state index contributed by atoms with van der Waals surface area (Å²) in [7, 11) is -2.03. The second-order valence-electron chi connectivity index (χ2n) is 7.95. The Morgan fingerprint density at radius 2 is 1.72 bits per heavy atom. The van der Waals surface area contributed by atoms with Crippen molar-refractivity contribution < 1.29 is 17.9 Å². The van der Waals surface area contributed by atoms with Gasteiger partial charge < -0.3 is 10.1 Å². The zero-order valence-corrected chi connectivity index (χ0v) is 19.1. The highest BCUT2D eigenvalue weighted by atomic mass is 32.2. The normalized spacial score (nSPS) is 14.0. The molecule has 3 aromatic rings. The fourth-order valence-corrected chi connectivity index (χ4v) is 5.36. The van der Waals surface area contributed by atoms with Gasteiger partial charge in [0.1, 0.15) is 5.75 Å². The zero-order valence-electron chi connectivity index (χ0n) is 18.3. The minimum Gasteiger partial charge on any atom is -0.497 e. The van der Waals surface area contributed by atoms with Crippen LogP contribution in [0.2, 0.25) is 0 Å². The summed E-state index contributed by atoms with van der Waals surface area (Å²) in [5.41, 5.74) is 3.97. The van der Waals surface area contributed by atoms with Crippen LogP contribution in [-0.4, -0.2) is 28.0 Å². The smallest absolute Gasteiger partial charge is 0.264 e. The van der Waals surface area contributed by atoms with Crippen molar-refractivity contribution in [1.82, 2.24) is 5.32 Å². The number of rotatable bonds is 6. The Balaban J connectivity index is 1.51. The van der Waals surface area contributed by atoms with Crippen LogP contribution >= 0.6 is 0 Å². The minimum absolute atomic E-state index is 0.180. The molecule has 0 saturated carbocycles. The highest BCUT2D eigenvalue weighted by Gasteiger charge is 2.31. The fourth-order valence-electron chi connectivity index (χ4n) is 3.86. The van der Waals surface area contributed by atoms with Crippen molar-refractivity contribution >= 4 is 21.6 Å². The number of amides is 1. The third kappa shape index (κ3) is 4.21. The molecule has 0 radical (unpaired) electrons. The molecule has 0 saturated heterocycles. The minimum atomic E-state index is -3.64. The molecule has 7 heteroatoms. The molecule has 1 heterocycles. The number of fused-ring (bicyclic) bond motifs is 1. The van der Waals surface area contributed by atoms with Gasteiger partial charge >= 0.3 is 0 Å². The number of hydrogen-bond donors (Lipinski definition) is 1. The summed E-state index contributed by atoms with van der Waals surface area (Å²) in [6, 6.07) is 19.4. The van der Waals surface area contributed by atoms with Crippen LogP contribution in [0, 0.1) is 6.92 Å². The first-order chi connectivity index (χ1) is 15.3. The standard InChI is InChI=1S/C25H26N2O4S/c1-17-4-11-23(12-5-17)32(29,30)27-15-14-20-16-21(8-13-24(20)27)25(28)26-18(2)19-6-9-22(31-3)10-7-19/h4-13,16,18H,14-15H2,1-3H3,(H,26,28)/t18-/m0/s1. The number of nitrogens with zero attached hydrogens (tertiary/aromatic N) is 1. The summed E-state index contributed by atoms with van der Waals surface area (Å²) in [5, 5.41) is 3.00. The number of carbonyl (C=O) groups is 1. The molecule has 1 N–H and O–H groups in total. The molecule has 4 rings (SSSR count). The van der Waals surface area contributed by atoms with E-state index in [1.54, 1.807) is 49.6 Å². The number of anilines is 1. The molecule has 0 aliphatic carbocycles. The monoisotopic (exact) mass is 450 g/mol. The molecule has 0 bridgehead atoms. The summed E-state index contributed by atoms with van der Waals surface area (Å²) in [4.78, 5) is 13.1. The van der Waals surface area contributed by atoms with E-state index in [4.69, 9.17) is 4.74 Å². The van der Waals surface area contributed by atoms with Crippen molar-refractivity contribution in [3.8, 4) is 5.75 Å². The molecule has 1 aliphatic heterocycles. The van der Waals surface area contributed by atoms with Crippen LogP contribution in [0.4, 0.5) is 5.69 Å². The van der Waals surface area contributed by atoms with Gasteiger partial charge in [0.15, 0.2) is 0 Å². The SMILES string of the molecule is COc1ccc([C@H](C)NC(=O)c2ccc3c(c2)CCN3S(=O)(=O)c2ccc(C)cc2)cc1. The average molecular weight is 451 g/mol. The van der Waals surface area contributed by atoms with Gasteiger partial charge in [0.2, 0.25) is 0 Å². The van der Waals surface area contributed by atoms with Crippen molar-refractivity contribution in [2.75, 3.05) is 18.0 Å². The molecule has 6 nitrogen and oxygen atoms in total. The maximum Gasteiger partial charge on any atom is 0.264 e. The Hall–Kier alpha value is -3.32. The molecule has 1 atom stereocenters. The summed E-state index contributed by atoms with van der Waals surface area (Å²) < 4.78 is 32.8. The van der Waals surface area contributed by atoms with Gasteiger partial charge in [-0.05, 0) is 73.9 Å². The molecule has 3 aromatic carbocycles. The van der Waals surface area contributed by atoms with Crippen molar-refractivity contribution in [2.45, 2.75) is 31.2 Å². The lowest BCUT2D eigenvalue weighted by Gasteiger charge is -2.20. The molecule has 166 valence electrons. The lowest BCUT2D eigenvalue weighted by Crippen LogP contribution is -2.29. The molecule has 0 fully saturated rings. The Morgan fingerprint density at radius 3 is 2.38 bits per heavy atom. The summed E-state index contributed by atoms with van der Waals surface area (Å²) in [6.45, 7) is 4.20. The van der Waals surface area contributed by atoms with Gasteiger partial charge in [0.25, 0.3) is 15.9 Å². The number of carbonyl (C=O) groups excluding carboxylic acids is 1. The molecule has 0 aromatic heterocycles. The second-order valence-corrected chi connectivity index (χ2v) is 9.81. The van der Waals surface area contributed by atoms with E-state index in [9.17, 15) is 13.2 Å². The number of ether oxygens (including phenoxy) is 1. The zero-order chi connectivity index (χ0) is 22.9. The Morgan fingerprint density at radius 1 is 1.03 bits per heavy atom. The van der Waals surface area contributed by atoms with E-state index in [0.29, 0.717) is 24.2 Å². The van der Waals surface area contributed by atoms with E-state index in [0.717, 1.165) is 22.4 Å². The van der Waals surface area contributed by atoms with E-state index in [1.165, 1.54) is 4.31 Å².